The van der Waals surface area contributed by atoms with Gasteiger partial charge in [0.1, 0.15) is 5.82 Å². The minimum Gasteiger partial charge on any atom is -0.261 e. The van der Waals surface area contributed by atoms with E-state index in [4.69, 9.17) is 0 Å². The highest BCUT2D eigenvalue weighted by molar-refractivity contribution is 5.10. The van der Waals surface area contributed by atoms with Crippen molar-refractivity contribution in [2.24, 2.45) is 5.18 Å². The van der Waals surface area contributed by atoms with E-state index in [9.17, 15) is 4.91 Å². The van der Waals surface area contributed by atoms with E-state index in [0.717, 1.165) is 0 Å². The van der Waals surface area contributed by atoms with Crippen LogP contribution in [0.3, 0.4) is 0 Å². The Balaban J connectivity index is 3.00. The molecule has 5 nitrogen and oxygen atoms in total. The zero-order chi connectivity index (χ0) is 5.98. The highest BCUT2D eigenvalue weighted by atomic mass is 16.3. The molecule has 0 aliphatic rings. The highest BCUT2D eigenvalue weighted by Gasteiger charge is 1.94. The molecule has 0 spiro atoms. The molecule has 0 aliphatic carbocycles. The minimum atomic E-state index is -0.0394. The number of H-pyrrole nitrogens is 1. The van der Waals surface area contributed by atoms with Gasteiger partial charge in [0.15, 0.2) is 0 Å². The second-order valence-electron chi connectivity index (χ2n) is 1.31. The van der Waals surface area contributed by atoms with Gasteiger partial charge in [0, 0.05) is 5.18 Å². The Morgan fingerprint density at radius 3 is 2.75 bits per heavy atom. The van der Waals surface area contributed by atoms with Gasteiger partial charge in [-0.3, -0.25) is 5.10 Å². The summed E-state index contributed by atoms with van der Waals surface area (Å²) in [6.45, 7) is 1.70. The third-order valence-corrected chi connectivity index (χ3v) is 0.667. The van der Waals surface area contributed by atoms with Crippen LogP contribution in [0.25, 0.3) is 0 Å². The quantitative estimate of drug-likeness (QED) is 0.538. The molecule has 0 radical (unpaired) electrons. The van der Waals surface area contributed by atoms with Crippen molar-refractivity contribution in [1.82, 2.24) is 15.2 Å². The lowest BCUT2D eigenvalue weighted by molar-refractivity contribution is 1.03. The summed E-state index contributed by atoms with van der Waals surface area (Å²) in [6, 6.07) is 0. The summed E-state index contributed by atoms with van der Waals surface area (Å²) in [5.74, 6) is 0.558. The van der Waals surface area contributed by atoms with Gasteiger partial charge >= 0.3 is 5.95 Å². The van der Waals surface area contributed by atoms with Gasteiger partial charge in [0.05, 0.1) is 0 Å². The molecule has 1 heterocycles. The lowest BCUT2D eigenvalue weighted by atomic mass is 10.8. The van der Waals surface area contributed by atoms with Crippen LogP contribution in [0.15, 0.2) is 5.18 Å². The zero-order valence-electron chi connectivity index (χ0n) is 4.25. The van der Waals surface area contributed by atoms with Gasteiger partial charge in [-0.1, -0.05) is 0 Å². The second-order valence-corrected chi connectivity index (χ2v) is 1.31. The molecule has 0 saturated carbocycles. The fourth-order valence-corrected chi connectivity index (χ4v) is 0.372. The Bertz CT molecular complexity index is 193. The molecule has 5 heteroatoms. The van der Waals surface area contributed by atoms with Crippen LogP contribution in [0.4, 0.5) is 5.95 Å². The SMILES string of the molecule is Cc1nc(N=O)n[nH]1. The summed E-state index contributed by atoms with van der Waals surface area (Å²) in [4.78, 5) is 13.2. The van der Waals surface area contributed by atoms with Crippen LogP contribution in [0, 0.1) is 11.8 Å². The molecule has 0 saturated heterocycles. The molecule has 0 bridgehead atoms. The molecular formula is C3H4N4O. The third-order valence-electron chi connectivity index (χ3n) is 0.667. The molecule has 0 aliphatic heterocycles. The number of aryl methyl sites for hydroxylation is 1. The Kier molecular flexibility index (Phi) is 1.03. The number of hydrogen-bond acceptors (Lipinski definition) is 4. The van der Waals surface area contributed by atoms with Gasteiger partial charge in [0.2, 0.25) is 0 Å². The molecule has 42 valence electrons. The maximum Gasteiger partial charge on any atom is 0.309 e. The number of hydrogen-bond donors (Lipinski definition) is 1. The van der Waals surface area contributed by atoms with Crippen LogP contribution >= 0.6 is 0 Å². The van der Waals surface area contributed by atoms with Gasteiger partial charge in [-0.05, 0) is 6.92 Å². The Labute approximate surface area is 45.1 Å². The van der Waals surface area contributed by atoms with Crippen molar-refractivity contribution in [3.8, 4) is 0 Å². The van der Waals surface area contributed by atoms with E-state index >= 15 is 0 Å². The van der Waals surface area contributed by atoms with Crippen molar-refractivity contribution < 1.29 is 0 Å². The summed E-state index contributed by atoms with van der Waals surface area (Å²) in [5.41, 5.74) is 0. The van der Waals surface area contributed by atoms with Gasteiger partial charge in [-0.25, -0.2) is 0 Å². The molecule has 0 amide bonds. The van der Waals surface area contributed by atoms with Crippen LogP contribution in [0.2, 0.25) is 0 Å². The molecule has 1 N–H and O–H groups in total. The fourth-order valence-electron chi connectivity index (χ4n) is 0.372. The Hall–Kier alpha value is -1.26. The van der Waals surface area contributed by atoms with E-state index in [0.29, 0.717) is 5.82 Å². The van der Waals surface area contributed by atoms with Crippen molar-refractivity contribution in [3.05, 3.63) is 10.7 Å². The lowest BCUT2D eigenvalue weighted by Gasteiger charge is -1.67. The van der Waals surface area contributed by atoms with Crippen LogP contribution in [-0.2, 0) is 0 Å². The van der Waals surface area contributed by atoms with E-state index in [2.05, 4.69) is 20.4 Å². The summed E-state index contributed by atoms with van der Waals surface area (Å²) >= 11 is 0. The number of nitrogens with zero attached hydrogens (tertiary/aromatic N) is 3. The molecule has 0 atom stereocenters. The highest BCUT2D eigenvalue weighted by Crippen LogP contribution is 1.98. The first-order chi connectivity index (χ1) is 3.83. The number of nitroso groups, excluding NO2 is 1. The number of nitrogens with one attached hydrogen (secondary N) is 1. The molecule has 1 rings (SSSR count). The van der Waals surface area contributed by atoms with Crippen LogP contribution in [-0.4, -0.2) is 15.2 Å². The van der Waals surface area contributed by atoms with Crippen molar-refractivity contribution >= 4 is 5.95 Å². The van der Waals surface area contributed by atoms with Crippen molar-refractivity contribution in [1.29, 1.82) is 0 Å². The summed E-state index contributed by atoms with van der Waals surface area (Å²) < 4.78 is 0. The van der Waals surface area contributed by atoms with Gasteiger partial charge in [-0.2, -0.15) is 4.98 Å². The maximum atomic E-state index is 9.62. The van der Waals surface area contributed by atoms with Gasteiger partial charge in [0.25, 0.3) is 0 Å². The lowest BCUT2D eigenvalue weighted by Crippen LogP contribution is -1.69. The predicted octanol–water partition coefficient (Wildman–Crippen LogP) is 0.511. The molecule has 1 aromatic heterocycles. The number of aromatic nitrogens is 3. The first-order valence-electron chi connectivity index (χ1n) is 2.05. The zero-order valence-corrected chi connectivity index (χ0v) is 4.25. The van der Waals surface area contributed by atoms with Gasteiger partial charge in [-0.15, -0.1) is 10.0 Å². The Morgan fingerprint density at radius 2 is 2.50 bits per heavy atom. The summed E-state index contributed by atoms with van der Waals surface area (Å²) in [7, 11) is 0. The van der Waals surface area contributed by atoms with E-state index < -0.39 is 0 Å². The Morgan fingerprint density at radius 1 is 1.75 bits per heavy atom. The average Bonchev–Trinajstić information content (AvgIpc) is 2.14. The molecule has 0 aromatic carbocycles. The van der Waals surface area contributed by atoms with Crippen molar-refractivity contribution in [2.45, 2.75) is 6.92 Å². The molecule has 0 fully saturated rings. The predicted molar refractivity (Wildman–Crippen MR) is 26.6 cm³/mol. The minimum absolute atomic E-state index is 0.0394. The van der Waals surface area contributed by atoms with E-state index in [1.54, 1.807) is 6.92 Å². The van der Waals surface area contributed by atoms with Crippen LogP contribution < -0.4 is 0 Å². The van der Waals surface area contributed by atoms with Crippen LogP contribution in [0.5, 0.6) is 0 Å². The molecular weight excluding hydrogens is 108 g/mol. The first kappa shape index (κ1) is 4.89. The molecule has 0 unspecified atom stereocenters. The average molecular weight is 112 g/mol. The third kappa shape index (κ3) is 0.699. The topological polar surface area (TPSA) is 71.0 Å². The normalized spacial score (nSPS) is 9.12. The van der Waals surface area contributed by atoms with E-state index in [1.807, 2.05) is 0 Å². The largest absolute Gasteiger partial charge is 0.309 e. The smallest absolute Gasteiger partial charge is 0.261 e. The monoisotopic (exact) mass is 112 g/mol. The molecule has 1 aromatic rings. The standard InChI is InChI=1S/C3H4N4O/c1-2-4-3(7-8)6-5-2/h1H3,(H,4,5,6). The summed E-state index contributed by atoms with van der Waals surface area (Å²) in [6.07, 6.45) is 0. The number of aromatic amines is 1. The van der Waals surface area contributed by atoms with Crippen LogP contribution in [0.1, 0.15) is 5.82 Å². The van der Waals surface area contributed by atoms with E-state index in [1.165, 1.54) is 0 Å². The van der Waals surface area contributed by atoms with E-state index in [-0.39, 0.29) is 5.95 Å². The fraction of sp³-hybridized carbons (Fsp3) is 0.333. The summed E-state index contributed by atoms with van der Waals surface area (Å²) in [5, 5.41) is 8.37. The van der Waals surface area contributed by atoms with Crippen molar-refractivity contribution in [3.63, 3.8) is 0 Å². The number of rotatable bonds is 1. The maximum absolute atomic E-state index is 9.62. The van der Waals surface area contributed by atoms with Crippen molar-refractivity contribution in [2.75, 3.05) is 0 Å². The second kappa shape index (κ2) is 1.69. The first-order valence-corrected chi connectivity index (χ1v) is 2.05. The van der Waals surface area contributed by atoms with Gasteiger partial charge < -0.3 is 0 Å². The molecule has 8 heavy (non-hydrogen) atoms.